The summed E-state index contributed by atoms with van der Waals surface area (Å²) in [6, 6.07) is 8.32. The summed E-state index contributed by atoms with van der Waals surface area (Å²) in [7, 11) is -1.57. The number of anilines is 1. The molecule has 0 aromatic heterocycles. The summed E-state index contributed by atoms with van der Waals surface area (Å²) in [5.41, 5.74) is 6.03. The highest BCUT2D eigenvalue weighted by Gasteiger charge is 2.14. The van der Waals surface area contributed by atoms with E-state index in [9.17, 15) is 13.0 Å². The maximum atomic E-state index is 13.5. The highest BCUT2D eigenvalue weighted by molar-refractivity contribution is 7.84. The minimum Gasteiger partial charge on any atom is -0.399 e. The molecular formula is C13H10ClF2NOS. The summed E-state index contributed by atoms with van der Waals surface area (Å²) < 4.78 is 38.6. The lowest BCUT2D eigenvalue weighted by Gasteiger charge is -2.07. The monoisotopic (exact) mass is 301 g/mol. The number of benzene rings is 2. The third-order valence-electron chi connectivity index (χ3n) is 2.52. The van der Waals surface area contributed by atoms with E-state index in [1.54, 1.807) is 6.07 Å². The fourth-order valence-corrected chi connectivity index (χ4v) is 3.18. The first-order chi connectivity index (χ1) is 8.99. The molecule has 0 saturated heterocycles. The Morgan fingerprint density at radius 1 is 1.21 bits per heavy atom. The Hall–Kier alpha value is -1.46. The number of hydrogen-bond acceptors (Lipinski definition) is 2. The number of nitrogens with two attached hydrogens (primary N) is 1. The maximum Gasteiger partial charge on any atom is 0.162 e. The smallest absolute Gasteiger partial charge is 0.162 e. The van der Waals surface area contributed by atoms with Gasteiger partial charge in [0.15, 0.2) is 11.6 Å². The van der Waals surface area contributed by atoms with Gasteiger partial charge in [-0.2, -0.15) is 0 Å². The normalized spacial score (nSPS) is 12.4. The molecule has 0 aliphatic rings. The highest BCUT2D eigenvalue weighted by Crippen LogP contribution is 2.25. The SMILES string of the molecule is Nc1ccc(S(=O)Cc2cccc(F)c2F)c(Cl)c1. The lowest BCUT2D eigenvalue weighted by Crippen LogP contribution is -2.01. The molecule has 0 radical (unpaired) electrons. The molecule has 0 fully saturated rings. The van der Waals surface area contributed by atoms with Crippen LogP contribution in [0.3, 0.4) is 0 Å². The van der Waals surface area contributed by atoms with Crippen LogP contribution in [0.2, 0.25) is 5.02 Å². The van der Waals surface area contributed by atoms with Gasteiger partial charge in [-0.05, 0) is 24.3 Å². The van der Waals surface area contributed by atoms with Gasteiger partial charge >= 0.3 is 0 Å². The van der Waals surface area contributed by atoms with Crippen LogP contribution in [0.1, 0.15) is 5.56 Å². The first kappa shape index (κ1) is 14.0. The quantitative estimate of drug-likeness (QED) is 0.882. The molecule has 0 aliphatic heterocycles. The number of nitrogen functional groups attached to an aromatic ring is 1. The second kappa shape index (κ2) is 5.67. The van der Waals surface area contributed by atoms with Crippen molar-refractivity contribution in [2.24, 2.45) is 0 Å². The molecule has 0 heterocycles. The van der Waals surface area contributed by atoms with Gasteiger partial charge in [-0.25, -0.2) is 8.78 Å². The van der Waals surface area contributed by atoms with E-state index in [4.69, 9.17) is 17.3 Å². The Balaban J connectivity index is 2.28. The zero-order chi connectivity index (χ0) is 14.0. The number of hydrogen-bond donors (Lipinski definition) is 1. The van der Waals surface area contributed by atoms with E-state index >= 15 is 0 Å². The van der Waals surface area contributed by atoms with Gasteiger partial charge in [0.2, 0.25) is 0 Å². The van der Waals surface area contributed by atoms with Crippen LogP contribution < -0.4 is 5.73 Å². The zero-order valence-electron chi connectivity index (χ0n) is 9.70. The average molecular weight is 302 g/mol. The first-order valence-corrected chi connectivity index (χ1v) is 7.05. The fraction of sp³-hybridized carbons (Fsp3) is 0.0769. The van der Waals surface area contributed by atoms with Gasteiger partial charge < -0.3 is 5.73 Å². The van der Waals surface area contributed by atoms with Crippen molar-refractivity contribution in [2.75, 3.05) is 5.73 Å². The summed E-state index contributed by atoms with van der Waals surface area (Å²) in [4.78, 5) is 0.347. The molecule has 0 saturated carbocycles. The maximum absolute atomic E-state index is 13.5. The van der Waals surface area contributed by atoms with Gasteiger partial charge in [-0.3, -0.25) is 4.21 Å². The first-order valence-electron chi connectivity index (χ1n) is 5.35. The molecule has 0 aliphatic carbocycles. The lowest BCUT2D eigenvalue weighted by molar-refractivity contribution is 0.502. The van der Waals surface area contributed by atoms with Crippen LogP contribution >= 0.6 is 11.6 Å². The molecule has 0 bridgehead atoms. The Kier molecular flexibility index (Phi) is 4.17. The van der Waals surface area contributed by atoms with Crippen LogP contribution in [0, 0.1) is 11.6 Å². The van der Waals surface area contributed by atoms with E-state index in [0.717, 1.165) is 6.07 Å². The summed E-state index contributed by atoms with van der Waals surface area (Å²) in [6.07, 6.45) is 0. The van der Waals surface area contributed by atoms with E-state index in [1.165, 1.54) is 24.3 Å². The van der Waals surface area contributed by atoms with E-state index in [2.05, 4.69) is 0 Å². The molecule has 100 valence electrons. The van der Waals surface area contributed by atoms with Crippen molar-refractivity contribution in [3.05, 3.63) is 58.6 Å². The Labute approximate surface area is 116 Å². The molecule has 0 amide bonds. The number of halogens is 3. The van der Waals surface area contributed by atoms with E-state index in [0.29, 0.717) is 10.6 Å². The average Bonchev–Trinajstić information content (AvgIpc) is 2.34. The van der Waals surface area contributed by atoms with Crippen LogP contribution in [0.25, 0.3) is 0 Å². The molecule has 2 aromatic rings. The third-order valence-corrected chi connectivity index (χ3v) is 4.36. The van der Waals surface area contributed by atoms with Gasteiger partial charge in [-0.15, -0.1) is 0 Å². The third kappa shape index (κ3) is 3.11. The number of rotatable bonds is 3. The van der Waals surface area contributed by atoms with Crippen LogP contribution in [0.5, 0.6) is 0 Å². The van der Waals surface area contributed by atoms with Crippen molar-refractivity contribution in [1.82, 2.24) is 0 Å². The minimum absolute atomic E-state index is 0.0474. The van der Waals surface area contributed by atoms with Crippen molar-refractivity contribution < 1.29 is 13.0 Å². The van der Waals surface area contributed by atoms with Crippen LogP contribution in [0.15, 0.2) is 41.3 Å². The Bertz CT molecular complexity index is 649. The van der Waals surface area contributed by atoms with Crippen LogP contribution in [0.4, 0.5) is 14.5 Å². The molecule has 1 unspecified atom stereocenters. The van der Waals surface area contributed by atoms with E-state index in [1.807, 2.05) is 0 Å². The minimum atomic E-state index is -1.57. The molecule has 2 rings (SSSR count). The molecule has 0 spiro atoms. The molecule has 2 nitrogen and oxygen atoms in total. The molecule has 6 heteroatoms. The highest BCUT2D eigenvalue weighted by atomic mass is 35.5. The Morgan fingerprint density at radius 2 is 1.95 bits per heavy atom. The fourth-order valence-electron chi connectivity index (χ4n) is 1.58. The topological polar surface area (TPSA) is 43.1 Å². The standard InChI is InChI=1S/C13H10ClF2NOS/c14-10-6-9(17)4-5-12(10)19(18)7-8-2-1-3-11(15)13(8)16/h1-6H,7,17H2. The Morgan fingerprint density at radius 3 is 2.63 bits per heavy atom. The molecule has 19 heavy (non-hydrogen) atoms. The van der Waals surface area contributed by atoms with Crippen molar-refractivity contribution in [3.63, 3.8) is 0 Å². The molecular weight excluding hydrogens is 292 g/mol. The molecule has 2 aromatic carbocycles. The summed E-state index contributed by atoms with van der Waals surface area (Å²) in [6.45, 7) is 0. The predicted octanol–water partition coefficient (Wildman–Crippen LogP) is 3.51. The zero-order valence-corrected chi connectivity index (χ0v) is 11.3. The molecule has 2 N–H and O–H groups in total. The summed E-state index contributed by atoms with van der Waals surface area (Å²) >= 11 is 5.92. The summed E-state index contributed by atoms with van der Waals surface area (Å²) in [5.74, 6) is -2.09. The van der Waals surface area contributed by atoms with Crippen molar-refractivity contribution in [2.45, 2.75) is 10.6 Å². The van der Waals surface area contributed by atoms with E-state index in [-0.39, 0.29) is 16.3 Å². The van der Waals surface area contributed by atoms with Crippen LogP contribution in [-0.4, -0.2) is 4.21 Å². The van der Waals surface area contributed by atoms with Gasteiger partial charge in [0, 0.05) is 11.3 Å². The largest absolute Gasteiger partial charge is 0.399 e. The van der Waals surface area contributed by atoms with E-state index < -0.39 is 22.4 Å². The second-order valence-corrected chi connectivity index (χ2v) is 5.72. The van der Waals surface area contributed by atoms with Gasteiger partial charge in [-0.1, -0.05) is 23.7 Å². The lowest BCUT2D eigenvalue weighted by atomic mass is 10.2. The van der Waals surface area contributed by atoms with Crippen molar-refractivity contribution in [1.29, 1.82) is 0 Å². The predicted molar refractivity (Wildman–Crippen MR) is 72.3 cm³/mol. The van der Waals surface area contributed by atoms with Crippen molar-refractivity contribution in [3.8, 4) is 0 Å². The van der Waals surface area contributed by atoms with Gasteiger partial charge in [0.05, 0.1) is 26.5 Å². The van der Waals surface area contributed by atoms with Gasteiger partial charge in [0.25, 0.3) is 0 Å². The van der Waals surface area contributed by atoms with Crippen molar-refractivity contribution >= 4 is 28.1 Å². The second-order valence-electron chi connectivity index (χ2n) is 3.89. The van der Waals surface area contributed by atoms with Gasteiger partial charge in [0.1, 0.15) is 0 Å². The van der Waals surface area contributed by atoms with Crippen LogP contribution in [-0.2, 0) is 16.6 Å². The summed E-state index contributed by atoms with van der Waals surface area (Å²) in [5, 5.41) is 0.246. The molecule has 1 atom stereocenters.